The summed E-state index contributed by atoms with van der Waals surface area (Å²) in [4.78, 5) is 8.59. The molecule has 2 aromatic rings. The molecule has 0 amide bonds. The van der Waals surface area contributed by atoms with Crippen LogP contribution < -0.4 is 10.1 Å². The van der Waals surface area contributed by atoms with E-state index >= 15 is 0 Å². The van der Waals surface area contributed by atoms with Crippen LogP contribution in [0.4, 0.5) is 0 Å². The van der Waals surface area contributed by atoms with Crippen molar-refractivity contribution in [3.63, 3.8) is 0 Å². The van der Waals surface area contributed by atoms with Crippen LogP contribution in [0.2, 0.25) is 0 Å². The first-order valence-electron chi connectivity index (χ1n) is 7.42. The van der Waals surface area contributed by atoms with E-state index < -0.39 is 0 Å². The molecule has 0 saturated carbocycles. The second-order valence-electron chi connectivity index (χ2n) is 5.45. The van der Waals surface area contributed by atoms with Gasteiger partial charge in [-0.2, -0.15) is 0 Å². The summed E-state index contributed by atoms with van der Waals surface area (Å²) in [6.07, 6.45) is 4.45. The van der Waals surface area contributed by atoms with E-state index in [4.69, 9.17) is 4.74 Å². The van der Waals surface area contributed by atoms with Gasteiger partial charge in [0.25, 0.3) is 0 Å². The van der Waals surface area contributed by atoms with Gasteiger partial charge in [-0.05, 0) is 30.2 Å². The van der Waals surface area contributed by atoms with E-state index in [1.54, 1.807) is 6.20 Å². The lowest BCUT2D eigenvalue weighted by atomic mass is 10.2. The molecule has 0 spiro atoms. The summed E-state index contributed by atoms with van der Waals surface area (Å²) < 4.78 is 5.64. The van der Waals surface area contributed by atoms with E-state index in [2.05, 4.69) is 35.2 Å². The first-order valence-corrected chi connectivity index (χ1v) is 7.42. The molecule has 2 heterocycles. The highest BCUT2D eigenvalue weighted by atomic mass is 16.5. The number of nitrogens with one attached hydrogen (secondary N) is 1. The van der Waals surface area contributed by atoms with Crippen molar-refractivity contribution in [2.75, 3.05) is 13.2 Å². The average molecular weight is 285 g/mol. The van der Waals surface area contributed by atoms with Crippen molar-refractivity contribution >= 4 is 0 Å². The van der Waals surface area contributed by atoms with E-state index in [-0.39, 0.29) is 0 Å². The van der Waals surface area contributed by atoms with Crippen molar-refractivity contribution < 1.29 is 4.74 Å². The fourth-order valence-corrected chi connectivity index (χ4v) is 1.91. The predicted octanol–water partition coefficient (Wildman–Crippen LogP) is 2.84. The predicted molar refractivity (Wildman–Crippen MR) is 84.2 cm³/mol. The van der Waals surface area contributed by atoms with Crippen LogP contribution in [0.3, 0.4) is 0 Å². The first kappa shape index (κ1) is 15.4. The zero-order valence-electron chi connectivity index (χ0n) is 12.7. The summed E-state index contributed by atoms with van der Waals surface area (Å²) >= 11 is 0. The molecule has 0 aromatic carbocycles. The fraction of sp³-hybridized carbons (Fsp3) is 0.412. The highest BCUT2D eigenvalue weighted by molar-refractivity contribution is 5.17. The molecule has 0 aliphatic rings. The Bertz CT molecular complexity index is 511. The van der Waals surface area contributed by atoms with Crippen LogP contribution >= 0.6 is 0 Å². The lowest BCUT2D eigenvalue weighted by molar-refractivity contribution is 0.308. The third kappa shape index (κ3) is 5.92. The maximum atomic E-state index is 5.64. The molecule has 4 nitrogen and oxygen atoms in total. The van der Waals surface area contributed by atoms with Gasteiger partial charge in [0.15, 0.2) is 0 Å². The van der Waals surface area contributed by atoms with Crippen molar-refractivity contribution in [3.8, 4) is 5.88 Å². The first-order chi connectivity index (χ1) is 10.2. The summed E-state index contributed by atoms with van der Waals surface area (Å²) in [7, 11) is 0. The van der Waals surface area contributed by atoms with E-state index in [1.807, 2.05) is 30.5 Å². The number of rotatable bonds is 8. The van der Waals surface area contributed by atoms with Crippen molar-refractivity contribution in [2.24, 2.45) is 5.92 Å². The van der Waals surface area contributed by atoms with Gasteiger partial charge in [-0.25, -0.2) is 4.98 Å². The van der Waals surface area contributed by atoms with Crippen LogP contribution in [0.15, 0.2) is 42.7 Å². The zero-order valence-corrected chi connectivity index (χ0v) is 12.7. The topological polar surface area (TPSA) is 47.0 Å². The van der Waals surface area contributed by atoms with Crippen LogP contribution in [0, 0.1) is 5.92 Å². The maximum absolute atomic E-state index is 5.64. The molecule has 112 valence electrons. The van der Waals surface area contributed by atoms with E-state index in [9.17, 15) is 0 Å². The molecule has 4 heteroatoms. The van der Waals surface area contributed by atoms with Crippen LogP contribution in [-0.4, -0.2) is 23.1 Å². The van der Waals surface area contributed by atoms with E-state index in [0.717, 1.165) is 25.2 Å². The Morgan fingerprint density at radius 3 is 2.71 bits per heavy atom. The minimum Gasteiger partial charge on any atom is -0.477 e. The molecule has 2 aromatic heterocycles. The molecule has 0 unspecified atom stereocenters. The quantitative estimate of drug-likeness (QED) is 0.810. The third-order valence-electron chi connectivity index (χ3n) is 3.01. The number of hydrogen-bond acceptors (Lipinski definition) is 4. The molecule has 0 aliphatic carbocycles. The summed E-state index contributed by atoms with van der Waals surface area (Å²) in [6, 6.07) is 9.87. The molecule has 1 N–H and O–H groups in total. The van der Waals surface area contributed by atoms with Crippen LogP contribution in [0.25, 0.3) is 0 Å². The zero-order chi connectivity index (χ0) is 14.9. The molecule has 0 aliphatic heterocycles. The van der Waals surface area contributed by atoms with Crippen LogP contribution in [-0.2, 0) is 13.0 Å². The molecular weight excluding hydrogens is 262 g/mol. The van der Waals surface area contributed by atoms with Gasteiger partial charge >= 0.3 is 0 Å². The van der Waals surface area contributed by atoms with Gasteiger partial charge in [-0.1, -0.05) is 26.0 Å². The highest BCUT2D eigenvalue weighted by Crippen LogP contribution is 2.08. The number of hydrogen-bond donors (Lipinski definition) is 1. The summed E-state index contributed by atoms with van der Waals surface area (Å²) in [5.74, 6) is 1.32. The molecule has 0 saturated heterocycles. The second-order valence-corrected chi connectivity index (χ2v) is 5.45. The molecule has 0 bridgehead atoms. The number of nitrogens with zero attached hydrogens (tertiary/aromatic N) is 2. The standard InChI is InChI=1S/C17H23N3O/c1-14(2)11-18-12-15-6-7-17(20-13-15)21-10-8-16-5-3-4-9-19-16/h3-7,9,13-14,18H,8,10-12H2,1-2H3. The van der Waals surface area contributed by atoms with Gasteiger partial charge in [0.1, 0.15) is 0 Å². The Balaban J connectivity index is 1.72. The molecule has 21 heavy (non-hydrogen) atoms. The summed E-state index contributed by atoms with van der Waals surface area (Å²) in [5.41, 5.74) is 2.21. The number of ether oxygens (including phenoxy) is 1. The Morgan fingerprint density at radius 2 is 2.05 bits per heavy atom. The summed E-state index contributed by atoms with van der Waals surface area (Å²) in [6.45, 7) is 6.85. The van der Waals surface area contributed by atoms with E-state index in [1.165, 1.54) is 5.56 Å². The molecule has 0 atom stereocenters. The molecular formula is C17H23N3O. The lowest BCUT2D eigenvalue weighted by Gasteiger charge is -2.08. The minimum absolute atomic E-state index is 0.592. The van der Waals surface area contributed by atoms with Crippen LogP contribution in [0.1, 0.15) is 25.1 Å². The Morgan fingerprint density at radius 1 is 1.14 bits per heavy atom. The monoisotopic (exact) mass is 285 g/mol. The summed E-state index contributed by atoms with van der Waals surface area (Å²) in [5, 5.41) is 3.40. The number of pyridine rings is 2. The molecule has 2 rings (SSSR count). The highest BCUT2D eigenvalue weighted by Gasteiger charge is 1.99. The average Bonchev–Trinajstić information content (AvgIpc) is 2.50. The Kier molecular flexibility index (Phi) is 6.16. The smallest absolute Gasteiger partial charge is 0.213 e. The Labute approximate surface area is 126 Å². The van der Waals surface area contributed by atoms with Crippen LogP contribution in [0.5, 0.6) is 5.88 Å². The van der Waals surface area contributed by atoms with Gasteiger partial charge in [-0.3, -0.25) is 4.98 Å². The number of aromatic nitrogens is 2. The molecule has 0 fully saturated rings. The minimum atomic E-state index is 0.592. The third-order valence-corrected chi connectivity index (χ3v) is 3.01. The van der Waals surface area contributed by atoms with Gasteiger partial charge in [-0.15, -0.1) is 0 Å². The molecule has 0 radical (unpaired) electrons. The normalized spacial score (nSPS) is 10.8. The van der Waals surface area contributed by atoms with Crippen molar-refractivity contribution in [1.82, 2.24) is 15.3 Å². The lowest BCUT2D eigenvalue weighted by Crippen LogP contribution is -2.19. The second kappa shape index (κ2) is 8.37. The largest absolute Gasteiger partial charge is 0.477 e. The SMILES string of the molecule is CC(C)CNCc1ccc(OCCc2ccccn2)nc1. The van der Waals surface area contributed by atoms with Crippen molar-refractivity contribution in [2.45, 2.75) is 26.8 Å². The van der Waals surface area contributed by atoms with Gasteiger partial charge in [0, 0.05) is 37.1 Å². The fourth-order valence-electron chi connectivity index (χ4n) is 1.91. The maximum Gasteiger partial charge on any atom is 0.213 e. The van der Waals surface area contributed by atoms with Gasteiger partial charge in [0.2, 0.25) is 5.88 Å². The van der Waals surface area contributed by atoms with Gasteiger partial charge in [0.05, 0.1) is 6.61 Å². The van der Waals surface area contributed by atoms with Crippen molar-refractivity contribution in [1.29, 1.82) is 0 Å². The Hall–Kier alpha value is -1.94. The van der Waals surface area contributed by atoms with E-state index in [0.29, 0.717) is 18.4 Å². The van der Waals surface area contributed by atoms with Crippen molar-refractivity contribution in [3.05, 3.63) is 54.0 Å². The van der Waals surface area contributed by atoms with Gasteiger partial charge < -0.3 is 10.1 Å².